The molecular weight excluding hydrogens is 328 g/mol. The summed E-state index contributed by atoms with van der Waals surface area (Å²) in [6.45, 7) is 8.08. The Bertz CT molecular complexity index is 865. The van der Waals surface area contributed by atoms with Crippen molar-refractivity contribution < 1.29 is 0 Å². The van der Waals surface area contributed by atoms with Gasteiger partial charge in [-0.2, -0.15) is 0 Å². The van der Waals surface area contributed by atoms with E-state index in [0.717, 1.165) is 32.5 Å². The van der Waals surface area contributed by atoms with Gasteiger partial charge in [0.15, 0.2) is 5.65 Å². The topological polar surface area (TPSA) is 56.7 Å². The van der Waals surface area contributed by atoms with Crippen LogP contribution in [-0.4, -0.2) is 14.5 Å². The van der Waals surface area contributed by atoms with Crippen molar-refractivity contribution in [3.8, 4) is 5.69 Å². The van der Waals surface area contributed by atoms with Gasteiger partial charge < -0.3 is 5.73 Å². The molecule has 0 unspecified atom stereocenters. The molecule has 0 atom stereocenters. The van der Waals surface area contributed by atoms with Crippen LogP contribution in [0.2, 0.25) is 0 Å². The van der Waals surface area contributed by atoms with Crippen molar-refractivity contribution in [3.63, 3.8) is 0 Å². The van der Waals surface area contributed by atoms with Crippen LogP contribution < -0.4 is 5.73 Å². The first-order chi connectivity index (χ1) is 9.90. The van der Waals surface area contributed by atoms with Crippen LogP contribution in [0.4, 0.5) is 5.82 Å². The summed E-state index contributed by atoms with van der Waals surface area (Å²) in [5.74, 6) is 1.23. The molecule has 0 saturated carbocycles. The van der Waals surface area contributed by atoms with Crippen molar-refractivity contribution in [1.82, 2.24) is 14.5 Å². The molecule has 3 rings (SSSR count). The number of nitrogen functional groups attached to an aromatic ring is 1. The van der Waals surface area contributed by atoms with Gasteiger partial charge in [-0.3, -0.25) is 4.57 Å². The van der Waals surface area contributed by atoms with Crippen LogP contribution in [0.25, 0.3) is 16.7 Å². The lowest BCUT2D eigenvalue weighted by molar-refractivity contribution is 0.993. The molecule has 5 heteroatoms. The number of halogens is 1. The summed E-state index contributed by atoms with van der Waals surface area (Å²) in [5, 5.41) is 0.940. The second kappa shape index (κ2) is 4.84. The van der Waals surface area contributed by atoms with Crippen LogP contribution in [0.5, 0.6) is 0 Å². The molecule has 0 fully saturated rings. The molecule has 3 aromatic rings. The first kappa shape index (κ1) is 14.1. The molecular formula is C16H17BrN4. The number of nitrogens with zero attached hydrogens (tertiary/aromatic N) is 3. The largest absolute Gasteiger partial charge is 0.383 e. The molecule has 0 bridgehead atoms. The summed E-state index contributed by atoms with van der Waals surface area (Å²) in [4.78, 5) is 8.89. The number of rotatable bonds is 1. The SMILES string of the molecule is Cc1nc(N)c2c(C)c(C)n(-c3ccc(C)c(Br)c3)c2n1. The molecule has 0 spiro atoms. The maximum absolute atomic E-state index is 6.10. The Morgan fingerprint density at radius 3 is 2.48 bits per heavy atom. The van der Waals surface area contributed by atoms with Crippen LogP contribution in [0.15, 0.2) is 22.7 Å². The lowest BCUT2D eigenvalue weighted by atomic mass is 10.2. The van der Waals surface area contributed by atoms with Crippen LogP contribution in [0.1, 0.15) is 22.6 Å². The van der Waals surface area contributed by atoms with Gasteiger partial charge in [-0.1, -0.05) is 22.0 Å². The van der Waals surface area contributed by atoms with Crippen molar-refractivity contribution in [1.29, 1.82) is 0 Å². The highest BCUT2D eigenvalue weighted by atomic mass is 79.9. The summed E-state index contributed by atoms with van der Waals surface area (Å²) >= 11 is 3.60. The molecule has 0 radical (unpaired) electrons. The molecule has 0 aliphatic carbocycles. The molecule has 21 heavy (non-hydrogen) atoms. The van der Waals surface area contributed by atoms with Crippen molar-refractivity contribution >= 4 is 32.8 Å². The number of aromatic nitrogens is 3. The first-order valence-electron chi connectivity index (χ1n) is 6.78. The fraction of sp³-hybridized carbons (Fsp3) is 0.250. The van der Waals surface area contributed by atoms with E-state index in [0.29, 0.717) is 11.6 Å². The zero-order chi connectivity index (χ0) is 15.3. The molecule has 0 aliphatic rings. The Morgan fingerprint density at radius 2 is 1.81 bits per heavy atom. The summed E-state index contributed by atoms with van der Waals surface area (Å²) in [7, 11) is 0. The van der Waals surface area contributed by atoms with E-state index in [4.69, 9.17) is 5.73 Å². The maximum atomic E-state index is 6.10. The predicted octanol–water partition coefficient (Wildman–Crippen LogP) is 4.00. The highest BCUT2D eigenvalue weighted by Gasteiger charge is 2.17. The summed E-state index contributed by atoms with van der Waals surface area (Å²) in [6.07, 6.45) is 0. The quantitative estimate of drug-likeness (QED) is 0.725. The molecule has 0 amide bonds. The van der Waals surface area contributed by atoms with E-state index < -0.39 is 0 Å². The first-order valence-corrected chi connectivity index (χ1v) is 7.57. The second-order valence-electron chi connectivity index (χ2n) is 5.33. The molecule has 1 aromatic carbocycles. The highest BCUT2D eigenvalue weighted by Crippen LogP contribution is 2.31. The summed E-state index contributed by atoms with van der Waals surface area (Å²) in [6, 6.07) is 6.30. The lowest BCUT2D eigenvalue weighted by Gasteiger charge is -2.10. The molecule has 2 heterocycles. The average Bonchev–Trinajstić information content (AvgIpc) is 2.65. The third-order valence-electron chi connectivity index (χ3n) is 3.91. The lowest BCUT2D eigenvalue weighted by Crippen LogP contribution is -2.01. The van der Waals surface area contributed by atoms with E-state index in [2.05, 4.69) is 69.4 Å². The van der Waals surface area contributed by atoms with Crippen molar-refractivity contribution in [3.05, 3.63) is 45.3 Å². The normalized spacial score (nSPS) is 11.3. The smallest absolute Gasteiger partial charge is 0.150 e. The van der Waals surface area contributed by atoms with E-state index in [1.807, 2.05) is 6.92 Å². The molecule has 2 N–H and O–H groups in total. The number of benzene rings is 1. The average molecular weight is 345 g/mol. The Balaban J connectivity index is 2.42. The third kappa shape index (κ3) is 2.12. The molecule has 4 nitrogen and oxygen atoms in total. The van der Waals surface area contributed by atoms with Gasteiger partial charge >= 0.3 is 0 Å². The molecule has 0 aliphatic heterocycles. The van der Waals surface area contributed by atoms with Gasteiger partial charge in [0.1, 0.15) is 11.6 Å². The van der Waals surface area contributed by atoms with E-state index in [1.165, 1.54) is 5.56 Å². The van der Waals surface area contributed by atoms with Gasteiger partial charge in [0, 0.05) is 15.9 Å². The zero-order valence-corrected chi connectivity index (χ0v) is 14.1. The van der Waals surface area contributed by atoms with Crippen LogP contribution in [-0.2, 0) is 0 Å². The van der Waals surface area contributed by atoms with E-state index in [1.54, 1.807) is 0 Å². The summed E-state index contributed by atoms with van der Waals surface area (Å²) < 4.78 is 3.22. The third-order valence-corrected chi connectivity index (χ3v) is 4.76. The molecule has 108 valence electrons. The minimum Gasteiger partial charge on any atom is -0.383 e. The van der Waals surface area contributed by atoms with Crippen LogP contribution in [0.3, 0.4) is 0 Å². The van der Waals surface area contributed by atoms with E-state index >= 15 is 0 Å². The Hall–Kier alpha value is -1.88. The standard InChI is InChI=1S/C16H17BrN4/c1-8-5-6-12(7-13(8)17)21-10(3)9(2)14-15(18)19-11(4)20-16(14)21/h5-7H,1-4H3,(H2,18,19,20). The minimum absolute atomic E-state index is 0.544. The predicted molar refractivity (Wildman–Crippen MR) is 89.9 cm³/mol. The van der Waals surface area contributed by atoms with E-state index in [-0.39, 0.29) is 0 Å². The monoisotopic (exact) mass is 344 g/mol. The fourth-order valence-corrected chi connectivity index (χ4v) is 3.01. The van der Waals surface area contributed by atoms with Crippen molar-refractivity contribution in [2.75, 3.05) is 5.73 Å². The van der Waals surface area contributed by atoms with Gasteiger partial charge in [-0.15, -0.1) is 0 Å². The van der Waals surface area contributed by atoms with Gasteiger partial charge in [-0.25, -0.2) is 9.97 Å². The number of aryl methyl sites for hydroxylation is 3. The highest BCUT2D eigenvalue weighted by molar-refractivity contribution is 9.10. The van der Waals surface area contributed by atoms with Gasteiger partial charge in [-0.05, 0) is 51.0 Å². The Kier molecular flexibility index (Phi) is 3.24. The van der Waals surface area contributed by atoms with Crippen LogP contribution >= 0.6 is 15.9 Å². The number of hydrogen-bond acceptors (Lipinski definition) is 3. The van der Waals surface area contributed by atoms with E-state index in [9.17, 15) is 0 Å². The van der Waals surface area contributed by atoms with Crippen LogP contribution in [0, 0.1) is 27.7 Å². The number of hydrogen-bond donors (Lipinski definition) is 1. The Labute approximate surface area is 132 Å². The number of nitrogens with two attached hydrogens (primary N) is 1. The number of fused-ring (bicyclic) bond motifs is 1. The molecule has 2 aromatic heterocycles. The molecule has 0 saturated heterocycles. The zero-order valence-electron chi connectivity index (χ0n) is 12.5. The van der Waals surface area contributed by atoms with Gasteiger partial charge in [0.25, 0.3) is 0 Å². The van der Waals surface area contributed by atoms with Crippen molar-refractivity contribution in [2.24, 2.45) is 0 Å². The second-order valence-corrected chi connectivity index (χ2v) is 6.19. The van der Waals surface area contributed by atoms with Gasteiger partial charge in [0.05, 0.1) is 5.39 Å². The maximum Gasteiger partial charge on any atom is 0.150 e. The van der Waals surface area contributed by atoms with Gasteiger partial charge in [0.2, 0.25) is 0 Å². The minimum atomic E-state index is 0.544. The summed E-state index contributed by atoms with van der Waals surface area (Å²) in [5.41, 5.74) is 11.5. The number of anilines is 1. The Morgan fingerprint density at radius 1 is 1.10 bits per heavy atom. The van der Waals surface area contributed by atoms with Crippen molar-refractivity contribution in [2.45, 2.75) is 27.7 Å². The fourth-order valence-electron chi connectivity index (χ4n) is 2.64.